The summed E-state index contributed by atoms with van der Waals surface area (Å²) in [6.45, 7) is 1.68. The van der Waals surface area contributed by atoms with Gasteiger partial charge in [0.2, 0.25) is 0 Å². The molecule has 0 radical (unpaired) electrons. The average molecular weight is 304 g/mol. The molecule has 0 saturated heterocycles. The molecule has 21 heavy (non-hydrogen) atoms. The SMILES string of the molecule is CCC(=O)ONc1ccc(Cl)cc1C(=O)c1ccccc1. The van der Waals surface area contributed by atoms with Gasteiger partial charge in [0.1, 0.15) is 0 Å². The Labute approximate surface area is 127 Å². The normalized spacial score (nSPS) is 10.0. The van der Waals surface area contributed by atoms with Crippen molar-refractivity contribution in [1.29, 1.82) is 0 Å². The summed E-state index contributed by atoms with van der Waals surface area (Å²) >= 11 is 5.95. The second-order valence-corrected chi connectivity index (χ2v) is 4.75. The van der Waals surface area contributed by atoms with E-state index < -0.39 is 5.97 Å². The summed E-state index contributed by atoms with van der Waals surface area (Å²) in [5.41, 5.74) is 3.79. The van der Waals surface area contributed by atoms with Gasteiger partial charge < -0.3 is 4.84 Å². The van der Waals surface area contributed by atoms with Gasteiger partial charge in [-0.25, -0.2) is 10.3 Å². The summed E-state index contributed by atoms with van der Waals surface area (Å²) in [5, 5.41) is 0.432. The maximum Gasteiger partial charge on any atom is 0.331 e. The number of nitrogens with one attached hydrogen (secondary N) is 1. The molecular formula is C16H14ClNO3. The van der Waals surface area contributed by atoms with E-state index in [0.29, 0.717) is 21.8 Å². The van der Waals surface area contributed by atoms with E-state index in [1.807, 2.05) is 6.07 Å². The standard InChI is InChI=1S/C16H14ClNO3/c1-2-15(19)21-18-14-9-8-12(17)10-13(14)16(20)11-6-4-3-5-7-11/h3-10,18H,2H2,1H3. The van der Waals surface area contributed by atoms with Crippen LogP contribution in [-0.2, 0) is 9.63 Å². The minimum Gasteiger partial charge on any atom is -0.343 e. The number of hydrogen-bond donors (Lipinski definition) is 1. The van der Waals surface area contributed by atoms with Crippen molar-refractivity contribution in [3.8, 4) is 0 Å². The number of hydrogen-bond acceptors (Lipinski definition) is 4. The van der Waals surface area contributed by atoms with Gasteiger partial charge in [-0.15, -0.1) is 0 Å². The fraction of sp³-hybridized carbons (Fsp3) is 0.125. The largest absolute Gasteiger partial charge is 0.343 e. The van der Waals surface area contributed by atoms with Gasteiger partial charge in [-0.2, -0.15) is 0 Å². The number of benzene rings is 2. The Morgan fingerprint density at radius 2 is 1.86 bits per heavy atom. The number of rotatable bonds is 5. The average Bonchev–Trinajstić information content (AvgIpc) is 2.53. The molecule has 0 spiro atoms. The molecule has 0 fully saturated rings. The summed E-state index contributed by atoms with van der Waals surface area (Å²) in [6.07, 6.45) is 0.239. The van der Waals surface area contributed by atoms with Gasteiger partial charge in [-0.1, -0.05) is 48.9 Å². The minimum atomic E-state index is -0.414. The second kappa shape index (κ2) is 6.90. The lowest BCUT2D eigenvalue weighted by molar-refractivity contribution is -0.140. The molecule has 108 valence electrons. The van der Waals surface area contributed by atoms with Crippen LogP contribution in [0.25, 0.3) is 0 Å². The van der Waals surface area contributed by atoms with Gasteiger partial charge in [0, 0.05) is 17.0 Å². The van der Waals surface area contributed by atoms with Crippen LogP contribution >= 0.6 is 11.6 Å². The Bertz CT molecular complexity index is 656. The van der Waals surface area contributed by atoms with Crippen molar-refractivity contribution in [3.05, 3.63) is 64.7 Å². The highest BCUT2D eigenvalue weighted by Gasteiger charge is 2.15. The van der Waals surface area contributed by atoms with Gasteiger partial charge in [0.15, 0.2) is 5.78 Å². The second-order valence-electron chi connectivity index (χ2n) is 4.31. The first kappa shape index (κ1) is 15.1. The van der Waals surface area contributed by atoms with Gasteiger partial charge >= 0.3 is 5.97 Å². The molecular weight excluding hydrogens is 290 g/mol. The van der Waals surface area contributed by atoms with Crippen LogP contribution in [0.4, 0.5) is 5.69 Å². The van der Waals surface area contributed by atoms with Crippen LogP contribution in [0.2, 0.25) is 5.02 Å². The van der Waals surface area contributed by atoms with Crippen molar-refractivity contribution in [3.63, 3.8) is 0 Å². The van der Waals surface area contributed by atoms with Crippen LogP contribution in [0.1, 0.15) is 29.3 Å². The fourth-order valence-electron chi connectivity index (χ4n) is 1.72. The van der Waals surface area contributed by atoms with Crippen LogP contribution < -0.4 is 5.48 Å². The maximum atomic E-state index is 12.5. The van der Waals surface area contributed by atoms with Crippen LogP contribution in [-0.4, -0.2) is 11.8 Å². The lowest BCUT2D eigenvalue weighted by atomic mass is 10.0. The summed E-state index contributed by atoms with van der Waals surface area (Å²) in [6, 6.07) is 13.6. The molecule has 0 amide bonds. The summed E-state index contributed by atoms with van der Waals surface area (Å²) < 4.78 is 0. The molecule has 0 bridgehead atoms. The predicted molar refractivity (Wildman–Crippen MR) is 81.3 cm³/mol. The molecule has 0 unspecified atom stereocenters. The van der Waals surface area contributed by atoms with Crippen LogP contribution in [0.5, 0.6) is 0 Å². The zero-order chi connectivity index (χ0) is 15.2. The van der Waals surface area contributed by atoms with E-state index >= 15 is 0 Å². The van der Waals surface area contributed by atoms with Gasteiger partial charge in [-0.3, -0.25) is 4.79 Å². The molecule has 0 saturated carbocycles. The highest BCUT2D eigenvalue weighted by Crippen LogP contribution is 2.23. The van der Waals surface area contributed by atoms with E-state index in [0.717, 1.165) is 0 Å². The van der Waals surface area contributed by atoms with Crippen molar-refractivity contribution in [2.45, 2.75) is 13.3 Å². The Hall–Kier alpha value is -2.33. The Morgan fingerprint density at radius 3 is 2.52 bits per heavy atom. The number of carbonyl (C=O) groups is 2. The fourth-order valence-corrected chi connectivity index (χ4v) is 1.89. The Kier molecular flexibility index (Phi) is 4.95. The van der Waals surface area contributed by atoms with Crippen molar-refractivity contribution >= 4 is 29.0 Å². The molecule has 0 aromatic heterocycles. The third-order valence-electron chi connectivity index (χ3n) is 2.83. The van der Waals surface area contributed by atoms with Gasteiger partial charge in [0.05, 0.1) is 11.3 Å². The molecule has 0 atom stereocenters. The van der Waals surface area contributed by atoms with Gasteiger partial charge in [-0.05, 0) is 18.2 Å². The molecule has 0 heterocycles. The minimum absolute atomic E-state index is 0.201. The van der Waals surface area contributed by atoms with Crippen molar-refractivity contribution in [2.24, 2.45) is 0 Å². The monoisotopic (exact) mass is 303 g/mol. The third-order valence-corrected chi connectivity index (χ3v) is 3.06. The quantitative estimate of drug-likeness (QED) is 0.673. The first-order valence-electron chi connectivity index (χ1n) is 6.46. The van der Waals surface area contributed by atoms with Crippen LogP contribution in [0, 0.1) is 0 Å². The van der Waals surface area contributed by atoms with Crippen molar-refractivity contribution < 1.29 is 14.4 Å². The van der Waals surface area contributed by atoms with Crippen LogP contribution in [0.3, 0.4) is 0 Å². The topological polar surface area (TPSA) is 55.4 Å². The molecule has 5 heteroatoms. The highest BCUT2D eigenvalue weighted by atomic mass is 35.5. The number of anilines is 1. The summed E-state index contributed by atoms with van der Waals surface area (Å²) in [7, 11) is 0. The Balaban J connectivity index is 2.31. The zero-order valence-electron chi connectivity index (χ0n) is 11.4. The highest BCUT2D eigenvalue weighted by molar-refractivity contribution is 6.31. The summed E-state index contributed by atoms with van der Waals surface area (Å²) in [5.74, 6) is -0.615. The van der Waals surface area contributed by atoms with E-state index in [1.165, 1.54) is 0 Å². The molecule has 0 aliphatic heterocycles. The van der Waals surface area contributed by atoms with E-state index in [9.17, 15) is 9.59 Å². The smallest absolute Gasteiger partial charge is 0.331 e. The van der Waals surface area contributed by atoms with E-state index in [-0.39, 0.29) is 12.2 Å². The lowest BCUT2D eigenvalue weighted by Crippen LogP contribution is -2.12. The maximum absolute atomic E-state index is 12.5. The van der Waals surface area contributed by atoms with Gasteiger partial charge in [0.25, 0.3) is 0 Å². The molecule has 1 N–H and O–H groups in total. The number of halogens is 1. The summed E-state index contributed by atoms with van der Waals surface area (Å²) in [4.78, 5) is 28.6. The van der Waals surface area contributed by atoms with Crippen molar-refractivity contribution in [1.82, 2.24) is 0 Å². The molecule has 0 aliphatic carbocycles. The number of ketones is 1. The molecule has 2 rings (SSSR count). The molecule has 0 aliphatic rings. The first-order chi connectivity index (χ1) is 10.1. The Morgan fingerprint density at radius 1 is 1.14 bits per heavy atom. The predicted octanol–water partition coefficient (Wildman–Crippen LogP) is 3.85. The zero-order valence-corrected chi connectivity index (χ0v) is 12.2. The van der Waals surface area contributed by atoms with Crippen molar-refractivity contribution in [2.75, 3.05) is 5.48 Å². The first-order valence-corrected chi connectivity index (χ1v) is 6.84. The van der Waals surface area contributed by atoms with E-state index in [1.54, 1.807) is 49.4 Å². The van der Waals surface area contributed by atoms with E-state index in [4.69, 9.17) is 16.4 Å². The third kappa shape index (κ3) is 3.83. The molecule has 2 aromatic carbocycles. The molecule has 2 aromatic rings. The van der Waals surface area contributed by atoms with E-state index in [2.05, 4.69) is 5.48 Å². The molecule has 4 nitrogen and oxygen atoms in total. The number of carbonyl (C=O) groups excluding carboxylic acids is 2. The lowest BCUT2D eigenvalue weighted by Gasteiger charge is -2.11. The van der Waals surface area contributed by atoms with Crippen LogP contribution in [0.15, 0.2) is 48.5 Å².